The minimum absolute atomic E-state index is 0.00492. The zero-order valence-corrected chi connectivity index (χ0v) is 23.5. The van der Waals surface area contributed by atoms with Gasteiger partial charge in [-0.3, -0.25) is 14.6 Å². The molecule has 10 nitrogen and oxygen atoms in total. The van der Waals surface area contributed by atoms with Crippen LogP contribution in [-0.2, 0) is 16.1 Å². The number of amides is 1. The summed E-state index contributed by atoms with van der Waals surface area (Å²) in [6, 6.07) is 9.07. The molecule has 2 aromatic rings. The maximum absolute atomic E-state index is 12.7. The maximum atomic E-state index is 12.7. The van der Waals surface area contributed by atoms with Crippen molar-refractivity contribution in [2.24, 2.45) is 0 Å². The molecule has 0 bridgehead atoms. The number of nitrogens with two attached hydrogens (primary N) is 1. The summed E-state index contributed by atoms with van der Waals surface area (Å²) in [4.78, 5) is 40.5. The number of aryl methyl sites for hydroxylation is 1. The van der Waals surface area contributed by atoms with E-state index in [1.54, 1.807) is 0 Å². The monoisotopic (exact) mass is 555 g/mol. The van der Waals surface area contributed by atoms with E-state index in [0.29, 0.717) is 24.3 Å². The summed E-state index contributed by atoms with van der Waals surface area (Å²) < 4.78 is 4.90. The minimum atomic E-state index is -0.704. The number of benzene rings is 1. The van der Waals surface area contributed by atoms with Crippen LogP contribution in [0.2, 0.25) is 5.15 Å². The van der Waals surface area contributed by atoms with Gasteiger partial charge in [-0.15, -0.1) is 0 Å². The Morgan fingerprint density at radius 1 is 1.13 bits per heavy atom. The second-order valence-corrected chi connectivity index (χ2v) is 11.2. The fraction of sp³-hybridized carbons (Fsp3) is 0.571. The van der Waals surface area contributed by atoms with Gasteiger partial charge in [-0.2, -0.15) is 0 Å². The standard InChI is InChI=1S/C28H38ClN7O3/c1-3-20-17-35(26-24(29)32-23(25(30)33-26)27(37)31-22-10-15-39-28(22)38)13-14-36(20)21-8-11-34(12-9-21)16-19-6-4-18(2)5-7-19/h4-7,20-22H,3,8-17H2,1-2H3,(H2,30,33)(H,31,37)/t20-,22?/m0/s1. The smallest absolute Gasteiger partial charge is 0.328 e. The van der Waals surface area contributed by atoms with Crippen molar-refractivity contribution in [1.82, 2.24) is 25.1 Å². The van der Waals surface area contributed by atoms with Crippen molar-refractivity contribution in [2.45, 2.75) is 64.2 Å². The summed E-state index contributed by atoms with van der Waals surface area (Å²) in [5, 5.41) is 2.75. The summed E-state index contributed by atoms with van der Waals surface area (Å²) in [7, 11) is 0. The molecule has 3 fully saturated rings. The zero-order valence-electron chi connectivity index (χ0n) is 22.7. The summed E-state index contributed by atoms with van der Waals surface area (Å²) in [6.07, 6.45) is 3.75. The summed E-state index contributed by atoms with van der Waals surface area (Å²) in [5.41, 5.74) is 8.74. The predicted molar refractivity (Wildman–Crippen MR) is 151 cm³/mol. The molecular weight excluding hydrogens is 518 g/mol. The SMILES string of the molecule is CC[C@H]1CN(c2nc(N)c(C(=O)NC3CCOC3=O)nc2Cl)CCN1C1CCN(Cc2ccc(C)cc2)CC1. The number of cyclic esters (lactones) is 1. The molecule has 0 radical (unpaired) electrons. The highest BCUT2D eigenvalue weighted by Gasteiger charge is 2.35. The van der Waals surface area contributed by atoms with Crippen LogP contribution >= 0.6 is 11.6 Å². The number of piperazine rings is 1. The molecule has 0 spiro atoms. The van der Waals surface area contributed by atoms with Crippen LogP contribution in [0, 0.1) is 6.92 Å². The number of hydrogen-bond acceptors (Lipinski definition) is 9. The molecule has 1 unspecified atom stereocenters. The van der Waals surface area contributed by atoms with Gasteiger partial charge in [0.1, 0.15) is 6.04 Å². The van der Waals surface area contributed by atoms with Gasteiger partial charge in [-0.05, 0) is 44.8 Å². The first kappa shape index (κ1) is 27.6. The van der Waals surface area contributed by atoms with Crippen molar-refractivity contribution >= 4 is 35.1 Å². The maximum Gasteiger partial charge on any atom is 0.328 e. The number of piperidine rings is 1. The highest BCUT2D eigenvalue weighted by molar-refractivity contribution is 6.32. The molecule has 5 rings (SSSR count). The number of nitrogens with zero attached hydrogens (tertiary/aromatic N) is 5. The minimum Gasteiger partial charge on any atom is -0.464 e. The number of halogens is 1. The summed E-state index contributed by atoms with van der Waals surface area (Å²) in [6.45, 7) is 10.3. The van der Waals surface area contributed by atoms with Gasteiger partial charge in [0.2, 0.25) is 0 Å². The lowest BCUT2D eigenvalue weighted by molar-refractivity contribution is -0.139. The fourth-order valence-electron chi connectivity index (χ4n) is 5.91. The number of anilines is 2. The number of likely N-dealkylation sites (tertiary alicyclic amines) is 1. The van der Waals surface area contributed by atoms with Crippen LogP contribution in [0.25, 0.3) is 0 Å². The van der Waals surface area contributed by atoms with E-state index in [4.69, 9.17) is 22.1 Å². The molecule has 3 aliphatic rings. The van der Waals surface area contributed by atoms with Gasteiger partial charge in [-0.25, -0.2) is 14.8 Å². The third-order valence-electron chi connectivity index (χ3n) is 8.17. The first-order valence-corrected chi connectivity index (χ1v) is 14.3. The molecule has 39 heavy (non-hydrogen) atoms. The van der Waals surface area contributed by atoms with E-state index in [-0.39, 0.29) is 23.3 Å². The van der Waals surface area contributed by atoms with Crippen molar-refractivity contribution in [2.75, 3.05) is 50.0 Å². The lowest BCUT2D eigenvalue weighted by Gasteiger charge is -2.47. The first-order valence-electron chi connectivity index (χ1n) is 13.9. The van der Waals surface area contributed by atoms with Crippen molar-refractivity contribution in [3.8, 4) is 0 Å². The van der Waals surface area contributed by atoms with Gasteiger partial charge >= 0.3 is 5.97 Å². The van der Waals surface area contributed by atoms with Gasteiger partial charge in [0.25, 0.3) is 5.91 Å². The van der Waals surface area contributed by atoms with Crippen LogP contribution in [-0.4, -0.2) is 89.1 Å². The molecular formula is C28H38ClN7O3. The average Bonchev–Trinajstić information content (AvgIpc) is 3.35. The predicted octanol–water partition coefficient (Wildman–Crippen LogP) is 2.63. The first-order chi connectivity index (χ1) is 18.8. The van der Waals surface area contributed by atoms with E-state index >= 15 is 0 Å². The van der Waals surface area contributed by atoms with E-state index in [9.17, 15) is 9.59 Å². The third-order valence-corrected chi connectivity index (χ3v) is 8.42. The zero-order chi connectivity index (χ0) is 27.5. The number of nitrogens with one attached hydrogen (secondary N) is 1. The number of carbonyl (C=O) groups is 2. The fourth-order valence-corrected chi connectivity index (χ4v) is 6.15. The Labute approximate surface area is 234 Å². The Balaban J connectivity index is 1.18. The second kappa shape index (κ2) is 12.1. The Morgan fingerprint density at radius 2 is 1.87 bits per heavy atom. The normalized spacial score (nSPS) is 23.2. The number of hydrogen-bond donors (Lipinski definition) is 2. The van der Waals surface area contributed by atoms with Crippen molar-refractivity contribution in [3.63, 3.8) is 0 Å². The van der Waals surface area contributed by atoms with Crippen LogP contribution in [0.4, 0.5) is 11.6 Å². The van der Waals surface area contributed by atoms with Gasteiger partial charge in [0.15, 0.2) is 22.5 Å². The second-order valence-electron chi connectivity index (χ2n) is 10.8. The van der Waals surface area contributed by atoms with Crippen molar-refractivity contribution in [3.05, 3.63) is 46.2 Å². The largest absolute Gasteiger partial charge is 0.464 e. The third kappa shape index (κ3) is 6.28. The molecule has 3 aliphatic heterocycles. The molecule has 4 heterocycles. The van der Waals surface area contributed by atoms with Gasteiger partial charge in [0.05, 0.1) is 6.61 Å². The summed E-state index contributed by atoms with van der Waals surface area (Å²) >= 11 is 6.53. The number of ether oxygens (including phenoxy) is 1. The highest BCUT2D eigenvalue weighted by Crippen LogP contribution is 2.30. The lowest BCUT2D eigenvalue weighted by atomic mass is 9.98. The van der Waals surface area contributed by atoms with E-state index < -0.39 is 17.9 Å². The van der Waals surface area contributed by atoms with Crippen LogP contribution in [0.1, 0.15) is 54.2 Å². The van der Waals surface area contributed by atoms with Gasteiger partial charge in [-0.1, -0.05) is 48.4 Å². The summed E-state index contributed by atoms with van der Waals surface area (Å²) in [5.74, 6) is -0.549. The lowest BCUT2D eigenvalue weighted by Crippen LogP contribution is -2.58. The van der Waals surface area contributed by atoms with Crippen LogP contribution in [0.15, 0.2) is 24.3 Å². The molecule has 0 aliphatic carbocycles. The molecule has 210 valence electrons. The Kier molecular flexibility index (Phi) is 8.54. The molecule has 3 saturated heterocycles. The van der Waals surface area contributed by atoms with E-state index in [2.05, 4.69) is 68.1 Å². The molecule has 1 aromatic carbocycles. The van der Waals surface area contributed by atoms with Crippen molar-refractivity contribution < 1.29 is 14.3 Å². The number of esters is 1. The van der Waals surface area contributed by atoms with E-state index in [1.807, 2.05) is 0 Å². The van der Waals surface area contributed by atoms with E-state index in [1.165, 1.54) is 11.1 Å². The van der Waals surface area contributed by atoms with Gasteiger partial charge < -0.3 is 20.7 Å². The Bertz CT molecular complexity index is 1190. The Morgan fingerprint density at radius 3 is 2.54 bits per heavy atom. The van der Waals surface area contributed by atoms with Crippen LogP contribution < -0.4 is 16.0 Å². The van der Waals surface area contributed by atoms with E-state index in [0.717, 1.165) is 58.5 Å². The molecule has 1 aromatic heterocycles. The molecule has 11 heteroatoms. The Hall–Kier alpha value is -2.95. The molecule has 0 saturated carbocycles. The number of nitrogen functional groups attached to an aromatic ring is 1. The number of carbonyl (C=O) groups excluding carboxylic acids is 2. The van der Waals surface area contributed by atoms with Crippen molar-refractivity contribution in [1.29, 1.82) is 0 Å². The van der Waals surface area contributed by atoms with Gasteiger partial charge in [0, 0.05) is 44.7 Å². The average molecular weight is 556 g/mol. The van der Waals surface area contributed by atoms with Crippen LogP contribution in [0.3, 0.4) is 0 Å². The highest BCUT2D eigenvalue weighted by atomic mass is 35.5. The number of aromatic nitrogens is 2. The molecule has 1 amide bonds. The topological polar surface area (TPSA) is 117 Å². The number of rotatable bonds is 7. The molecule has 2 atom stereocenters. The quantitative estimate of drug-likeness (QED) is 0.497. The molecule has 3 N–H and O–H groups in total. The van der Waals surface area contributed by atoms with Crippen LogP contribution in [0.5, 0.6) is 0 Å².